The van der Waals surface area contributed by atoms with Gasteiger partial charge in [0.1, 0.15) is 0 Å². The highest BCUT2D eigenvalue weighted by Gasteiger charge is 2.14. The van der Waals surface area contributed by atoms with Crippen LogP contribution in [0.25, 0.3) is 0 Å². The van der Waals surface area contributed by atoms with E-state index in [1.165, 1.54) is 11.1 Å². The monoisotopic (exact) mass is 323 g/mol. The third-order valence-corrected chi connectivity index (χ3v) is 3.98. The summed E-state index contributed by atoms with van der Waals surface area (Å²) >= 11 is 9.47. The van der Waals surface area contributed by atoms with Crippen LogP contribution >= 0.6 is 27.5 Å². The lowest BCUT2D eigenvalue weighted by atomic mass is 9.95. The van der Waals surface area contributed by atoms with E-state index in [4.69, 9.17) is 17.3 Å². The van der Waals surface area contributed by atoms with Gasteiger partial charge in [-0.05, 0) is 42.7 Å². The summed E-state index contributed by atoms with van der Waals surface area (Å²) in [6, 6.07) is 11.9. The van der Waals surface area contributed by atoms with E-state index >= 15 is 0 Å². The highest BCUT2D eigenvalue weighted by Crippen LogP contribution is 2.30. The fourth-order valence-electron chi connectivity index (χ4n) is 2.10. The van der Waals surface area contributed by atoms with Crippen molar-refractivity contribution in [2.75, 3.05) is 0 Å². The second kappa shape index (κ2) is 5.43. The van der Waals surface area contributed by atoms with Crippen LogP contribution in [-0.4, -0.2) is 0 Å². The van der Waals surface area contributed by atoms with Gasteiger partial charge in [0.15, 0.2) is 0 Å². The Morgan fingerprint density at radius 3 is 2.33 bits per heavy atom. The first-order valence-electron chi connectivity index (χ1n) is 5.76. The Morgan fingerprint density at radius 2 is 1.72 bits per heavy atom. The molecule has 0 aliphatic carbocycles. The van der Waals surface area contributed by atoms with Gasteiger partial charge in [-0.1, -0.05) is 57.4 Å². The zero-order valence-corrected chi connectivity index (χ0v) is 12.7. The molecule has 0 aliphatic rings. The average molecular weight is 325 g/mol. The number of rotatable bonds is 2. The first kappa shape index (κ1) is 13.6. The third kappa shape index (κ3) is 2.77. The Kier molecular flexibility index (Phi) is 4.10. The molecular formula is C15H15BrClN. The number of aryl methyl sites for hydroxylation is 2. The van der Waals surface area contributed by atoms with Crippen molar-refractivity contribution >= 4 is 27.5 Å². The van der Waals surface area contributed by atoms with Crippen LogP contribution in [0.4, 0.5) is 0 Å². The van der Waals surface area contributed by atoms with Gasteiger partial charge < -0.3 is 5.73 Å². The third-order valence-electron chi connectivity index (χ3n) is 3.06. The van der Waals surface area contributed by atoms with Gasteiger partial charge in [-0.3, -0.25) is 0 Å². The van der Waals surface area contributed by atoms with Gasteiger partial charge >= 0.3 is 0 Å². The molecule has 18 heavy (non-hydrogen) atoms. The van der Waals surface area contributed by atoms with Gasteiger partial charge in [0.05, 0.1) is 6.04 Å². The number of halogens is 2. The van der Waals surface area contributed by atoms with Gasteiger partial charge in [-0.25, -0.2) is 0 Å². The maximum absolute atomic E-state index is 6.35. The molecule has 0 fully saturated rings. The van der Waals surface area contributed by atoms with E-state index in [9.17, 15) is 0 Å². The van der Waals surface area contributed by atoms with Crippen LogP contribution < -0.4 is 5.73 Å². The number of hydrogen-bond acceptors (Lipinski definition) is 1. The fourth-order valence-corrected chi connectivity index (χ4v) is 3.03. The lowest BCUT2D eigenvalue weighted by Crippen LogP contribution is -2.14. The number of nitrogens with two attached hydrogens (primary N) is 1. The van der Waals surface area contributed by atoms with Crippen molar-refractivity contribution < 1.29 is 0 Å². The Hall–Kier alpha value is -0.830. The van der Waals surface area contributed by atoms with Crippen molar-refractivity contribution in [3.63, 3.8) is 0 Å². The molecule has 0 amide bonds. The Labute approximate surface area is 121 Å². The maximum Gasteiger partial charge on any atom is 0.0565 e. The van der Waals surface area contributed by atoms with Crippen LogP contribution in [0.5, 0.6) is 0 Å². The minimum atomic E-state index is -0.141. The van der Waals surface area contributed by atoms with E-state index in [0.29, 0.717) is 5.02 Å². The van der Waals surface area contributed by atoms with Crippen LogP contribution in [0.15, 0.2) is 40.9 Å². The summed E-state index contributed by atoms with van der Waals surface area (Å²) in [4.78, 5) is 0. The molecule has 2 N–H and O–H groups in total. The number of hydrogen-bond donors (Lipinski definition) is 1. The minimum Gasteiger partial charge on any atom is -0.320 e. The van der Waals surface area contributed by atoms with E-state index < -0.39 is 0 Å². The lowest BCUT2D eigenvalue weighted by Gasteiger charge is -2.17. The molecule has 0 heterocycles. The molecular weight excluding hydrogens is 310 g/mol. The molecule has 1 unspecified atom stereocenters. The first-order valence-corrected chi connectivity index (χ1v) is 6.94. The summed E-state index contributed by atoms with van der Waals surface area (Å²) in [7, 11) is 0. The van der Waals surface area contributed by atoms with E-state index in [-0.39, 0.29) is 6.04 Å². The minimum absolute atomic E-state index is 0.141. The maximum atomic E-state index is 6.35. The molecule has 3 heteroatoms. The SMILES string of the molecule is Cc1ccc(C(N)c2ccc(Cl)cc2Br)c(C)c1. The first-order chi connectivity index (χ1) is 8.49. The fraction of sp³-hybridized carbons (Fsp3) is 0.200. The van der Waals surface area contributed by atoms with Crippen LogP contribution in [0, 0.1) is 13.8 Å². The molecule has 0 saturated carbocycles. The molecule has 94 valence electrons. The van der Waals surface area contributed by atoms with Crippen molar-refractivity contribution in [3.05, 3.63) is 68.1 Å². The van der Waals surface area contributed by atoms with Gasteiger partial charge in [0.2, 0.25) is 0 Å². The molecule has 0 radical (unpaired) electrons. The highest BCUT2D eigenvalue weighted by atomic mass is 79.9. The highest BCUT2D eigenvalue weighted by molar-refractivity contribution is 9.10. The predicted octanol–water partition coefficient (Wildman–Crippen LogP) is 4.77. The molecule has 2 aromatic carbocycles. The van der Waals surface area contributed by atoms with Gasteiger partial charge in [-0.2, -0.15) is 0 Å². The zero-order valence-electron chi connectivity index (χ0n) is 10.4. The van der Waals surface area contributed by atoms with E-state index in [1.54, 1.807) is 0 Å². The van der Waals surface area contributed by atoms with Crippen LogP contribution in [0.1, 0.15) is 28.3 Å². The van der Waals surface area contributed by atoms with Crippen LogP contribution in [-0.2, 0) is 0 Å². The zero-order chi connectivity index (χ0) is 13.3. The smallest absolute Gasteiger partial charge is 0.0565 e. The molecule has 0 saturated heterocycles. The largest absolute Gasteiger partial charge is 0.320 e. The van der Waals surface area contributed by atoms with Crippen molar-refractivity contribution in [2.24, 2.45) is 5.73 Å². The molecule has 2 aromatic rings. The lowest BCUT2D eigenvalue weighted by molar-refractivity contribution is 0.855. The van der Waals surface area contributed by atoms with Crippen LogP contribution in [0.2, 0.25) is 5.02 Å². The van der Waals surface area contributed by atoms with Gasteiger partial charge in [0.25, 0.3) is 0 Å². The molecule has 0 aromatic heterocycles. The van der Waals surface area contributed by atoms with Gasteiger partial charge in [-0.15, -0.1) is 0 Å². The van der Waals surface area contributed by atoms with Crippen molar-refractivity contribution in [3.8, 4) is 0 Å². The normalized spacial score (nSPS) is 12.5. The Bertz CT molecular complexity index is 529. The van der Waals surface area contributed by atoms with E-state index in [2.05, 4.69) is 48.0 Å². The van der Waals surface area contributed by atoms with E-state index in [0.717, 1.165) is 15.6 Å². The van der Waals surface area contributed by atoms with Crippen molar-refractivity contribution in [2.45, 2.75) is 19.9 Å². The molecule has 0 aliphatic heterocycles. The van der Waals surface area contributed by atoms with Gasteiger partial charge in [0, 0.05) is 9.50 Å². The summed E-state index contributed by atoms with van der Waals surface area (Å²) < 4.78 is 0.947. The molecule has 2 rings (SSSR count). The molecule has 1 nitrogen and oxygen atoms in total. The molecule has 1 atom stereocenters. The topological polar surface area (TPSA) is 26.0 Å². The summed E-state index contributed by atoms with van der Waals surface area (Å²) in [5, 5.41) is 0.707. The summed E-state index contributed by atoms with van der Waals surface area (Å²) in [6.07, 6.45) is 0. The molecule has 0 bridgehead atoms. The molecule has 0 spiro atoms. The average Bonchev–Trinajstić information content (AvgIpc) is 2.28. The predicted molar refractivity (Wildman–Crippen MR) is 81.1 cm³/mol. The summed E-state index contributed by atoms with van der Waals surface area (Å²) in [5.41, 5.74) is 11.0. The standard InChI is InChI=1S/C15H15BrClN/c1-9-3-5-12(10(2)7-9)15(18)13-6-4-11(17)8-14(13)16/h3-8,15H,18H2,1-2H3. The number of benzene rings is 2. The second-order valence-corrected chi connectivity index (χ2v) is 5.79. The van der Waals surface area contributed by atoms with Crippen LogP contribution in [0.3, 0.4) is 0 Å². The second-order valence-electron chi connectivity index (χ2n) is 4.50. The Morgan fingerprint density at radius 1 is 1.06 bits per heavy atom. The summed E-state index contributed by atoms with van der Waals surface area (Å²) in [6.45, 7) is 4.17. The van der Waals surface area contributed by atoms with Crippen molar-refractivity contribution in [1.29, 1.82) is 0 Å². The van der Waals surface area contributed by atoms with Crippen molar-refractivity contribution in [1.82, 2.24) is 0 Å². The quantitative estimate of drug-likeness (QED) is 0.846. The van der Waals surface area contributed by atoms with E-state index in [1.807, 2.05) is 18.2 Å². The summed E-state index contributed by atoms with van der Waals surface area (Å²) in [5.74, 6) is 0. The Balaban J connectivity index is 2.44.